The smallest absolute Gasteiger partial charge is 0.270 e. The third-order valence-electron chi connectivity index (χ3n) is 3.21. The summed E-state index contributed by atoms with van der Waals surface area (Å²) in [4.78, 5) is 10.2. The molecule has 1 aliphatic rings. The van der Waals surface area contributed by atoms with Gasteiger partial charge in [0.05, 0.1) is 9.95 Å². The molecular formula is C13H17ClN2O2S. The van der Waals surface area contributed by atoms with Crippen molar-refractivity contribution < 1.29 is 4.92 Å². The number of nitrogens with zero attached hydrogens (tertiary/aromatic N) is 1. The number of halogens is 1. The van der Waals surface area contributed by atoms with Crippen LogP contribution in [0.5, 0.6) is 0 Å². The summed E-state index contributed by atoms with van der Waals surface area (Å²) in [5.41, 5.74) is 0.949. The highest BCUT2D eigenvalue weighted by atomic mass is 35.5. The molecule has 1 heterocycles. The van der Waals surface area contributed by atoms with Crippen molar-refractivity contribution >= 4 is 29.1 Å². The van der Waals surface area contributed by atoms with Gasteiger partial charge in [-0.1, -0.05) is 18.0 Å². The van der Waals surface area contributed by atoms with Crippen LogP contribution in [0.2, 0.25) is 5.02 Å². The highest BCUT2D eigenvalue weighted by Gasteiger charge is 2.14. The van der Waals surface area contributed by atoms with Crippen molar-refractivity contribution in [2.45, 2.75) is 31.1 Å². The predicted octanol–water partition coefficient (Wildman–Crippen LogP) is 3.62. The average molecular weight is 301 g/mol. The van der Waals surface area contributed by atoms with Gasteiger partial charge in [-0.05, 0) is 30.2 Å². The van der Waals surface area contributed by atoms with Crippen molar-refractivity contribution in [2.75, 3.05) is 12.3 Å². The van der Waals surface area contributed by atoms with Crippen molar-refractivity contribution in [3.63, 3.8) is 0 Å². The van der Waals surface area contributed by atoms with Crippen LogP contribution in [-0.4, -0.2) is 22.5 Å². The maximum atomic E-state index is 10.6. The molecule has 2 rings (SSSR count). The quantitative estimate of drug-likeness (QED) is 0.666. The maximum Gasteiger partial charge on any atom is 0.270 e. The highest BCUT2D eigenvalue weighted by Crippen LogP contribution is 2.25. The molecule has 0 saturated carbocycles. The molecule has 0 aromatic heterocycles. The van der Waals surface area contributed by atoms with E-state index in [9.17, 15) is 10.1 Å². The van der Waals surface area contributed by atoms with Gasteiger partial charge in [0.15, 0.2) is 0 Å². The molecule has 0 aliphatic carbocycles. The van der Waals surface area contributed by atoms with Gasteiger partial charge in [0.25, 0.3) is 5.69 Å². The number of nitrogens with one attached hydrogen (secondary N) is 1. The number of rotatable bonds is 5. The first-order chi connectivity index (χ1) is 9.16. The van der Waals surface area contributed by atoms with Crippen molar-refractivity contribution in [3.8, 4) is 0 Å². The summed E-state index contributed by atoms with van der Waals surface area (Å²) in [5, 5.41) is 15.1. The van der Waals surface area contributed by atoms with Crippen molar-refractivity contribution in [1.82, 2.24) is 5.32 Å². The van der Waals surface area contributed by atoms with Gasteiger partial charge in [-0.3, -0.25) is 10.1 Å². The first-order valence-electron chi connectivity index (χ1n) is 6.42. The SMILES string of the molecule is O=[N+]([O-])c1ccc(CNCC2CCCCS2)c(Cl)c1. The van der Waals surface area contributed by atoms with Gasteiger partial charge in [-0.25, -0.2) is 0 Å². The van der Waals surface area contributed by atoms with Crippen LogP contribution in [0.1, 0.15) is 24.8 Å². The number of hydrogen-bond donors (Lipinski definition) is 1. The fourth-order valence-electron chi connectivity index (χ4n) is 2.13. The Morgan fingerprint density at radius 2 is 2.32 bits per heavy atom. The van der Waals surface area contributed by atoms with Crippen LogP contribution >= 0.6 is 23.4 Å². The minimum Gasteiger partial charge on any atom is -0.312 e. The Balaban J connectivity index is 1.83. The van der Waals surface area contributed by atoms with Gasteiger partial charge in [0, 0.05) is 30.5 Å². The molecular weight excluding hydrogens is 284 g/mol. The van der Waals surface area contributed by atoms with E-state index >= 15 is 0 Å². The molecule has 1 atom stereocenters. The number of nitro groups is 1. The summed E-state index contributed by atoms with van der Waals surface area (Å²) >= 11 is 8.07. The van der Waals surface area contributed by atoms with Crippen LogP contribution in [0.15, 0.2) is 18.2 Å². The molecule has 19 heavy (non-hydrogen) atoms. The Kier molecular flexibility index (Phi) is 5.48. The summed E-state index contributed by atoms with van der Waals surface area (Å²) in [7, 11) is 0. The summed E-state index contributed by atoms with van der Waals surface area (Å²) in [6, 6.07) is 4.63. The second kappa shape index (κ2) is 7.12. The van der Waals surface area contributed by atoms with Crippen LogP contribution in [-0.2, 0) is 6.54 Å². The molecule has 1 fully saturated rings. The number of benzene rings is 1. The van der Waals surface area contributed by atoms with Crippen LogP contribution < -0.4 is 5.32 Å². The monoisotopic (exact) mass is 300 g/mol. The third kappa shape index (κ3) is 4.37. The average Bonchev–Trinajstić information content (AvgIpc) is 2.41. The third-order valence-corrected chi connectivity index (χ3v) is 4.96. The molecule has 0 bridgehead atoms. The zero-order chi connectivity index (χ0) is 13.7. The molecule has 4 nitrogen and oxygen atoms in total. The lowest BCUT2D eigenvalue weighted by Crippen LogP contribution is -2.26. The molecule has 0 amide bonds. The summed E-state index contributed by atoms with van der Waals surface area (Å²) in [6.07, 6.45) is 3.92. The van der Waals surface area contributed by atoms with Crippen LogP contribution in [0, 0.1) is 10.1 Å². The highest BCUT2D eigenvalue weighted by molar-refractivity contribution is 7.99. The Morgan fingerprint density at radius 1 is 1.47 bits per heavy atom. The van der Waals surface area contributed by atoms with E-state index < -0.39 is 4.92 Å². The van der Waals surface area contributed by atoms with Gasteiger partial charge in [-0.15, -0.1) is 0 Å². The number of hydrogen-bond acceptors (Lipinski definition) is 4. The molecule has 0 radical (unpaired) electrons. The van der Waals surface area contributed by atoms with E-state index in [1.807, 2.05) is 11.8 Å². The number of thioether (sulfide) groups is 1. The standard InChI is InChI=1S/C13H17ClN2O2S/c14-13-7-11(16(17)18)5-4-10(13)8-15-9-12-3-1-2-6-19-12/h4-5,7,12,15H,1-3,6,8-9H2. The Morgan fingerprint density at radius 3 is 2.95 bits per heavy atom. The second-order valence-corrected chi connectivity index (χ2v) is 6.47. The van der Waals surface area contributed by atoms with E-state index in [1.54, 1.807) is 6.07 Å². The van der Waals surface area contributed by atoms with Crippen LogP contribution in [0.4, 0.5) is 5.69 Å². The summed E-state index contributed by atoms with van der Waals surface area (Å²) < 4.78 is 0. The van der Waals surface area contributed by atoms with Gasteiger partial charge in [-0.2, -0.15) is 11.8 Å². The van der Waals surface area contributed by atoms with Crippen LogP contribution in [0.25, 0.3) is 0 Å². The van der Waals surface area contributed by atoms with Crippen LogP contribution in [0.3, 0.4) is 0 Å². The molecule has 1 N–H and O–H groups in total. The summed E-state index contributed by atoms with van der Waals surface area (Å²) in [5.74, 6) is 1.25. The molecule has 1 aliphatic heterocycles. The molecule has 1 aromatic carbocycles. The first-order valence-corrected chi connectivity index (χ1v) is 7.84. The fourth-order valence-corrected chi connectivity index (χ4v) is 3.64. The Hall–Kier alpha value is -0.780. The Bertz CT molecular complexity index is 450. The maximum absolute atomic E-state index is 10.6. The van der Waals surface area contributed by atoms with Gasteiger partial charge in [0.2, 0.25) is 0 Å². The molecule has 1 unspecified atom stereocenters. The van der Waals surface area contributed by atoms with E-state index in [0.717, 1.165) is 12.1 Å². The van der Waals surface area contributed by atoms with E-state index in [1.165, 1.54) is 37.1 Å². The zero-order valence-electron chi connectivity index (χ0n) is 10.6. The summed E-state index contributed by atoms with van der Waals surface area (Å²) in [6.45, 7) is 1.63. The molecule has 1 saturated heterocycles. The predicted molar refractivity (Wildman–Crippen MR) is 79.9 cm³/mol. The lowest BCUT2D eigenvalue weighted by molar-refractivity contribution is -0.384. The van der Waals surface area contributed by atoms with Crippen molar-refractivity contribution in [3.05, 3.63) is 38.9 Å². The second-order valence-electron chi connectivity index (χ2n) is 4.65. The fraction of sp³-hybridized carbons (Fsp3) is 0.538. The first kappa shape index (κ1) is 14.6. The lowest BCUT2D eigenvalue weighted by Gasteiger charge is -2.21. The topological polar surface area (TPSA) is 55.2 Å². The van der Waals surface area contributed by atoms with E-state index in [2.05, 4.69) is 5.32 Å². The minimum absolute atomic E-state index is 0.0385. The number of non-ortho nitro benzene ring substituents is 1. The Labute approximate surface area is 122 Å². The largest absolute Gasteiger partial charge is 0.312 e. The molecule has 104 valence electrons. The van der Waals surface area contributed by atoms with Crippen molar-refractivity contribution in [2.24, 2.45) is 0 Å². The van der Waals surface area contributed by atoms with Gasteiger partial charge >= 0.3 is 0 Å². The van der Waals surface area contributed by atoms with Gasteiger partial charge in [0.1, 0.15) is 0 Å². The van der Waals surface area contributed by atoms with Gasteiger partial charge < -0.3 is 5.32 Å². The lowest BCUT2D eigenvalue weighted by atomic mass is 10.1. The van der Waals surface area contributed by atoms with E-state index in [0.29, 0.717) is 16.8 Å². The zero-order valence-corrected chi connectivity index (χ0v) is 12.2. The minimum atomic E-state index is -0.429. The molecule has 6 heteroatoms. The van der Waals surface area contributed by atoms with E-state index in [4.69, 9.17) is 11.6 Å². The number of nitro benzene ring substituents is 1. The normalized spacial score (nSPS) is 19.3. The van der Waals surface area contributed by atoms with Crippen molar-refractivity contribution in [1.29, 1.82) is 0 Å². The van der Waals surface area contributed by atoms with E-state index in [-0.39, 0.29) is 5.69 Å². The molecule has 0 spiro atoms. The molecule has 1 aromatic rings.